The fourth-order valence-electron chi connectivity index (χ4n) is 4.10. The molecular weight excluding hydrogens is 398 g/mol. The lowest BCUT2D eigenvalue weighted by Crippen LogP contribution is -2.36. The van der Waals surface area contributed by atoms with Crippen LogP contribution in [0.2, 0.25) is 0 Å². The second kappa shape index (κ2) is 7.86. The zero-order chi connectivity index (χ0) is 22.3. The second-order valence-electron chi connectivity index (χ2n) is 9.19. The molecule has 1 N–H and O–H groups in total. The monoisotopic (exact) mass is 425 g/mol. The molecule has 3 heterocycles. The van der Waals surface area contributed by atoms with E-state index in [1.165, 1.54) is 5.56 Å². The summed E-state index contributed by atoms with van der Waals surface area (Å²) in [6.07, 6.45) is 3.96. The number of pyridine rings is 2. The molecule has 0 spiro atoms. The number of carbonyl (C=O) groups is 1. The molecule has 1 aliphatic carbocycles. The fraction of sp³-hybridized carbons (Fsp3) is 0.308. The molecular formula is C26H27N5O. The number of aryl methyl sites for hydroxylation is 1. The van der Waals surface area contributed by atoms with Gasteiger partial charge in [0.25, 0.3) is 5.91 Å². The molecule has 0 unspecified atom stereocenters. The summed E-state index contributed by atoms with van der Waals surface area (Å²) in [6, 6.07) is 17.9. The maximum absolute atomic E-state index is 13.4. The number of rotatable bonds is 6. The van der Waals surface area contributed by atoms with E-state index in [2.05, 4.69) is 36.3 Å². The molecule has 1 aliphatic rings. The highest BCUT2D eigenvalue weighted by Gasteiger charge is 2.30. The lowest BCUT2D eigenvalue weighted by atomic mass is 9.84. The Bertz CT molecular complexity index is 1270. The van der Waals surface area contributed by atoms with Crippen molar-refractivity contribution in [3.05, 3.63) is 83.3 Å². The molecule has 6 nitrogen and oxygen atoms in total. The molecule has 0 radical (unpaired) electrons. The molecule has 0 saturated heterocycles. The van der Waals surface area contributed by atoms with Gasteiger partial charge >= 0.3 is 0 Å². The van der Waals surface area contributed by atoms with E-state index >= 15 is 0 Å². The van der Waals surface area contributed by atoms with Gasteiger partial charge < -0.3 is 5.32 Å². The Morgan fingerprint density at radius 1 is 1.12 bits per heavy atom. The van der Waals surface area contributed by atoms with E-state index in [0.29, 0.717) is 29.5 Å². The third kappa shape index (κ3) is 3.77. The van der Waals surface area contributed by atoms with Gasteiger partial charge in [0.2, 0.25) is 0 Å². The van der Waals surface area contributed by atoms with Crippen LogP contribution in [0.1, 0.15) is 59.9 Å². The molecule has 5 rings (SSSR count). The number of carbonyl (C=O) groups excluding carboxylic acids is 1. The normalized spacial score (nSPS) is 14.0. The van der Waals surface area contributed by atoms with Crippen LogP contribution in [0.5, 0.6) is 0 Å². The van der Waals surface area contributed by atoms with Gasteiger partial charge in [-0.15, -0.1) is 0 Å². The molecule has 0 bridgehead atoms. The lowest BCUT2D eigenvalue weighted by molar-refractivity contribution is 0.0947. The van der Waals surface area contributed by atoms with E-state index in [4.69, 9.17) is 10.1 Å². The minimum atomic E-state index is -0.185. The topological polar surface area (TPSA) is 72.7 Å². The lowest BCUT2D eigenvalue weighted by Gasteiger charge is -2.25. The number of hydrogen-bond donors (Lipinski definition) is 1. The van der Waals surface area contributed by atoms with Gasteiger partial charge in [-0.25, -0.2) is 9.97 Å². The fourth-order valence-corrected chi connectivity index (χ4v) is 4.10. The van der Waals surface area contributed by atoms with Gasteiger partial charge in [0.1, 0.15) is 0 Å². The first kappa shape index (κ1) is 20.4. The molecule has 32 heavy (non-hydrogen) atoms. The minimum absolute atomic E-state index is 0.0908. The van der Waals surface area contributed by atoms with E-state index in [-0.39, 0.29) is 11.3 Å². The van der Waals surface area contributed by atoms with Crippen LogP contribution in [-0.4, -0.2) is 32.2 Å². The number of amides is 1. The zero-order valence-electron chi connectivity index (χ0n) is 18.7. The Hall–Kier alpha value is -3.54. The largest absolute Gasteiger partial charge is 0.351 e. The summed E-state index contributed by atoms with van der Waals surface area (Å²) in [4.78, 5) is 22.8. The summed E-state index contributed by atoms with van der Waals surface area (Å²) in [7, 11) is 0. The van der Waals surface area contributed by atoms with E-state index in [1.807, 2.05) is 49.4 Å². The van der Waals surface area contributed by atoms with E-state index in [1.54, 1.807) is 10.9 Å². The van der Waals surface area contributed by atoms with E-state index in [0.717, 1.165) is 29.6 Å². The van der Waals surface area contributed by atoms with Gasteiger partial charge in [0, 0.05) is 29.8 Å². The summed E-state index contributed by atoms with van der Waals surface area (Å²) in [6.45, 7) is 6.74. The number of nitrogens with one attached hydrogen (secondary N) is 1. The Labute approximate surface area is 187 Å². The van der Waals surface area contributed by atoms with Crippen LogP contribution < -0.4 is 5.32 Å². The molecule has 1 amide bonds. The molecule has 1 fully saturated rings. The van der Waals surface area contributed by atoms with Gasteiger partial charge in [-0.2, -0.15) is 9.78 Å². The molecule has 162 valence electrons. The van der Waals surface area contributed by atoms with Crippen LogP contribution in [0.3, 0.4) is 0 Å². The van der Waals surface area contributed by atoms with E-state index in [9.17, 15) is 4.79 Å². The molecule has 0 aliphatic heterocycles. The summed E-state index contributed by atoms with van der Waals surface area (Å²) < 4.78 is 1.75. The van der Waals surface area contributed by atoms with Crippen molar-refractivity contribution in [3.8, 4) is 5.82 Å². The molecule has 1 aromatic carbocycles. The van der Waals surface area contributed by atoms with Crippen LogP contribution in [0.4, 0.5) is 0 Å². The summed E-state index contributed by atoms with van der Waals surface area (Å²) in [5.41, 5.74) is 4.07. The van der Waals surface area contributed by atoms with Gasteiger partial charge in [0.05, 0.1) is 16.6 Å². The first-order chi connectivity index (χ1) is 15.4. The number of benzene rings is 1. The predicted octanol–water partition coefficient (Wildman–Crippen LogP) is 4.71. The SMILES string of the molecule is Cc1nn(-c2ccccn2)c2nc(C3CC3)cc(C(=O)NCC(C)(C)c3ccccc3)c12. The standard InChI is InChI=1S/C26H27N5O/c1-17-23-20(25(32)28-16-26(2,3)19-9-5-4-6-10-19)15-21(18-12-13-18)29-24(23)31(30-17)22-11-7-8-14-27-22/h4-11,14-15,18H,12-13,16H2,1-3H3,(H,28,32). The highest BCUT2D eigenvalue weighted by Crippen LogP contribution is 2.40. The molecule has 4 aromatic rings. The summed E-state index contributed by atoms with van der Waals surface area (Å²) in [5.74, 6) is 1.02. The Morgan fingerprint density at radius 3 is 2.56 bits per heavy atom. The summed E-state index contributed by atoms with van der Waals surface area (Å²) >= 11 is 0. The number of aromatic nitrogens is 4. The van der Waals surface area contributed by atoms with Crippen molar-refractivity contribution < 1.29 is 4.79 Å². The predicted molar refractivity (Wildman–Crippen MR) is 125 cm³/mol. The van der Waals surface area contributed by atoms with Crippen molar-refractivity contribution in [1.82, 2.24) is 25.1 Å². The quantitative estimate of drug-likeness (QED) is 0.486. The molecule has 6 heteroatoms. The first-order valence-electron chi connectivity index (χ1n) is 11.1. The summed E-state index contributed by atoms with van der Waals surface area (Å²) in [5, 5.41) is 8.65. The highest BCUT2D eigenvalue weighted by atomic mass is 16.1. The average Bonchev–Trinajstić information content (AvgIpc) is 3.62. The van der Waals surface area contributed by atoms with Gasteiger partial charge in [-0.05, 0) is 43.5 Å². The Balaban J connectivity index is 1.53. The third-order valence-electron chi connectivity index (χ3n) is 6.19. The molecule has 1 saturated carbocycles. The molecule has 3 aromatic heterocycles. The van der Waals surface area contributed by atoms with Gasteiger partial charge in [-0.1, -0.05) is 50.2 Å². The van der Waals surface area contributed by atoms with Crippen molar-refractivity contribution in [2.75, 3.05) is 6.54 Å². The van der Waals surface area contributed by atoms with Crippen LogP contribution in [0, 0.1) is 6.92 Å². The van der Waals surface area contributed by atoms with Crippen molar-refractivity contribution in [3.63, 3.8) is 0 Å². The number of hydrogen-bond acceptors (Lipinski definition) is 4. The third-order valence-corrected chi connectivity index (χ3v) is 6.19. The molecule has 0 atom stereocenters. The van der Waals surface area contributed by atoms with Crippen molar-refractivity contribution in [2.45, 2.75) is 44.9 Å². The van der Waals surface area contributed by atoms with Crippen LogP contribution in [0.15, 0.2) is 60.8 Å². The highest BCUT2D eigenvalue weighted by molar-refractivity contribution is 6.06. The zero-order valence-corrected chi connectivity index (χ0v) is 18.7. The van der Waals surface area contributed by atoms with Crippen LogP contribution in [0.25, 0.3) is 16.9 Å². The number of fused-ring (bicyclic) bond motifs is 1. The first-order valence-corrected chi connectivity index (χ1v) is 11.1. The van der Waals surface area contributed by atoms with Gasteiger partial charge in [0.15, 0.2) is 11.5 Å². The van der Waals surface area contributed by atoms with E-state index < -0.39 is 0 Å². The Kier molecular flexibility index (Phi) is 5.00. The minimum Gasteiger partial charge on any atom is -0.351 e. The van der Waals surface area contributed by atoms with Crippen LogP contribution >= 0.6 is 0 Å². The maximum atomic E-state index is 13.4. The van der Waals surface area contributed by atoms with Crippen LogP contribution in [-0.2, 0) is 5.41 Å². The smallest absolute Gasteiger partial charge is 0.252 e. The number of nitrogens with zero attached hydrogens (tertiary/aromatic N) is 4. The maximum Gasteiger partial charge on any atom is 0.252 e. The average molecular weight is 426 g/mol. The Morgan fingerprint density at radius 2 is 1.88 bits per heavy atom. The van der Waals surface area contributed by atoms with Crippen molar-refractivity contribution in [1.29, 1.82) is 0 Å². The van der Waals surface area contributed by atoms with Gasteiger partial charge in [-0.3, -0.25) is 4.79 Å². The van der Waals surface area contributed by atoms with Crippen molar-refractivity contribution in [2.24, 2.45) is 0 Å². The van der Waals surface area contributed by atoms with Crippen molar-refractivity contribution >= 4 is 16.9 Å². The second-order valence-corrected chi connectivity index (χ2v) is 9.19.